The van der Waals surface area contributed by atoms with Crippen LogP contribution in [0.25, 0.3) is 6.08 Å². The first-order valence-electron chi connectivity index (χ1n) is 5.97. The summed E-state index contributed by atoms with van der Waals surface area (Å²) in [7, 11) is 0. The average Bonchev–Trinajstić information content (AvgIpc) is 3.16. The molecular weight excluding hydrogens is 250 g/mol. The molecule has 0 unspecified atom stereocenters. The summed E-state index contributed by atoms with van der Waals surface area (Å²) >= 11 is 5.97. The maximum absolute atomic E-state index is 11.6. The van der Waals surface area contributed by atoms with Crippen LogP contribution in [0.3, 0.4) is 0 Å². The van der Waals surface area contributed by atoms with E-state index in [0.29, 0.717) is 11.6 Å². The zero-order chi connectivity index (χ0) is 13.0. The lowest BCUT2D eigenvalue weighted by atomic mass is 10.1. The third kappa shape index (κ3) is 3.34. The van der Waals surface area contributed by atoms with Gasteiger partial charge < -0.3 is 10.4 Å². The molecule has 0 spiro atoms. The van der Waals surface area contributed by atoms with E-state index in [2.05, 4.69) is 5.32 Å². The molecule has 1 aromatic carbocycles. The van der Waals surface area contributed by atoms with E-state index < -0.39 is 0 Å². The quantitative estimate of drug-likeness (QED) is 0.803. The van der Waals surface area contributed by atoms with E-state index in [-0.39, 0.29) is 17.9 Å². The summed E-state index contributed by atoms with van der Waals surface area (Å²) in [6.07, 6.45) is 5.13. The minimum absolute atomic E-state index is 0.0616. The molecule has 0 aromatic heterocycles. The second-order valence-corrected chi connectivity index (χ2v) is 5.14. The Balaban J connectivity index is 1.86. The molecule has 0 atom stereocenters. The Bertz CT molecular complexity index is 467. The molecule has 1 saturated carbocycles. The van der Waals surface area contributed by atoms with Crippen molar-refractivity contribution in [1.82, 2.24) is 5.32 Å². The highest BCUT2D eigenvalue weighted by molar-refractivity contribution is 6.32. The highest BCUT2D eigenvalue weighted by Crippen LogP contribution is 2.44. The molecule has 1 aliphatic carbocycles. The van der Waals surface area contributed by atoms with Crippen LogP contribution in [0.1, 0.15) is 18.4 Å². The molecule has 1 aliphatic rings. The number of hydrogen-bond donors (Lipinski definition) is 2. The van der Waals surface area contributed by atoms with Crippen molar-refractivity contribution >= 4 is 23.6 Å². The molecule has 0 saturated heterocycles. The maximum atomic E-state index is 11.6. The van der Waals surface area contributed by atoms with E-state index in [1.807, 2.05) is 18.2 Å². The predicted octanol–water partition coefficient (Wildman–Crippen LogP) is 2.24. The standard InChI is InChI=1S/C14H16ClNO2/c15-12-4-2-1-3-11(12)5-6-13(18)16-9-14(10-17)7-8-14/h1-6,17H,7-10H2,(H,16,18)/b6-5+. The monoisotopic (exact) mass is 265 g/mol. The Labute approximate surface area is 111 Å². The third-order valence-electron chi connectivity index (χ3n) is 3.25. The van der Waals surface area contributed by atoms with Gasteiger partial charge in [0.2, 0.25) is 5.91 Å². The Morgan fingerprint density at radius 1 is 1.44 bits per heavy atom. The van der Waals surface area contributed by atoms with Crippen LogP contribution >= 0.6 is 11.6 Å². The maximum Gasteiger partial charge on any atom is 0.244 e. The molecule has 0 bridgehead atoms. The molecule has 1 fully saturated rings. The van der Waals surface area contributed by atoms with Crippen molar-refractivity contribution in [2.24, 2.45) is 5.41 Å². The molecule has 2 rings (SSSR count). The molecule has 3 nitrogen and oxygen atoms in total. The van der Waals surface area contributed by atoms with E-state index in [1.165, 1.54) is 6.08 Å². The van der Waals surface area contributed by atoms with Crippen molar-refractivity contribution in [3.05, 3.63) is 40.9 Å². The molecule has 2 N–H and O–H groups in total. The fourth-order valence-electron chi connectivity index (χ4n) is 1.68. The summed E-state index contributed by atoms with van der Waals surface area (Å²) in [5, 5.41) is 12.5. The zero-order valence-corrected chi connectivity index (χ0v) is 10.8. The van der Waals surface area contributed by atoms with Gasteiger partial charge in [0, 0.05) is 23.1 Å². The molecule has 0 heterocycles. The number of halogens is 1. The number of aliphatic hydroxyl groups excluding tert-OH is 1. The zero-order valence-electron chi connectivity index (χ0n) is 10.0. The molecule has 96 valence electrons. The number of amides is 1. The Kier molecular flexibility index (Phi) is 4.04. The Morgan fingerprint density at radius 2 is 2.17 bits per heavy atom. The van der Waals surface area contributed by atoms with Gasteiger partial charge in [-0.1, -0.05) is 29.8 Å². The van der Waals surface area contributed by atoms with E-state index in [0.717, 1.165) is 18.4 Å². The van der Waals surface area contributed by atoms with Crippen LogP contribution in [0.5, 0.6) is 0 Å². The normalized spacial score (nSPS) is 16.8. The Morgan fingerprint density at radius 3 is 2.78 bits per heavy atom. The van der Waals surface area contributed by atoms with Crippen LogP contribution < -0.4 is 5.32 Å². The SMILES string of the molecule is O=C(/C=C/c1ccccc1Cl)NCC1(CO)CC1. The summed E-state index contributed by atoms with van der Waals surface area (Å²) in [4.78, 5) is 11.6. The number of rotatable bonds is 5. The molecule has 0 aliphatic heterocycles. The lowest BCUT2D eigenvalue weighted by molar-refractivity contribution is -0.116. The average molecular weight is 266 g/mol. The number of benzene rings is 1. The minimum Gasteiger partial charge on any atom is -0.396 e. The largest absolute Gasteiger partial charge is 0.396 e. The highest BCUT2D eigenvalue weighted by Gasteiger charge is 2.41. The van der Waals surface area contributed by atoms with Crippen LogP contribution in [0.15, 0.2) is 30.3 Å². The summed E-state index contributed by atoms with van der Waals surface area (Å²) in [5.74, 6) is -0.158. The van der Waals surface area contributed by atoms with E-state index in [1.54, 1.807) is 12.1 Å². The summed E-state index contributed by atoms with van der Waals surface area (Å²) in [6, 6.07) is 7.35. The topological polar surface area (TPSA) is 49.3 Å². The lowest BCUT2D eigenvalue weighted by Crippen LogP contribution is -2.30. The second kappa shape index (κ2) is 5.55. The molecular formula is C14H16ClNO2. The molecule has 1 aromatic rings. The number of aliphatic hydroxyl groups is 1. The molecule has 1 amide bonds. The van der Waals surface area contributed by atoms with Gasteiger partial charge in [0.25, 0.3) is 0 Å². The third-order valence-corrected chi connectivity index (χ3v) is 3.59. The van der Waals surface area contributed by atoms with Gasteiger partial charge in [-0.25, -0.2) is 0 Å². The van der Waals surface area contributed by atoms with Crippen LogP contribution in [-0.2, 0) is 4.79 Å². The van der Waals surface area contributed by atoms with Crippen molar-refractivity contribution in [2.75, 3.05) is 13.2 Å². The van der Waals surface area contributed by atoms with Crippen LogP contribution in [-0.4, -0.2) is 24.2 Å². The summed E-state index contributed by atoms with van der Waals surface area (Å²) < 4.78 is 0. The van der Waals surface area contributed by atoms with Gasteiger partial charge in [0.1, 0.15) is 0 Å². The van der Waals surface area contributed by atoms with Gasteiger partial charge in [-0.2, -0.15) is 0 Å². The lowest BCUT2D eigenvalue weighted by Gasteiger charge is -2.11. The van der Waals surface area contributed by atoms with Crippen LogP contribution in [0.2, 0.25) is 5.02 Å². The van der Waals surface area contributed by atoms with E-state index in [4.69, 9.17) is 16.7 Å². The number of hydrogen-bond acceptors (Lipinski definition) is 2. The van der Waals surface area contributed by atoms with Crippen molar-refractivity contribution in [1.29, 1.82) is 0 Å². The van der Waals surface area contributed by atoms with E-state index in [9.17, 15) is 4.79 Å². The van der Waals surface area contributed by atoms with Gasteiger partial charge in [0.05, 0.1) is 6.61 Å². The van der Waals surface area contributed by atoms with Crippen molar-refractivity contribution in [2.45, 2.75) is 12.8 Å². The minimum atomic E-state index is -0.158. The molecule has 0 radical (unpaired) electrons. The van der Waals surface area contributed by atoms with Gasteiger partial charge in [0.15, 0.2) is 0 Å². The number of nitrogens with one attached hydrogen (secondary N) is 1. The molecule has 18 heavy (non-hydrogen) atoms. The fraction of sp³-hybridized carbons (Fsp3) is 0.357. The van der Waals surface area contributed by atoms with Crippen molar-refractivity contribution in [3.63, 3.8) is 0 Å². The summed E-state index contributed by atoms with van der Waals surface area (Å²) in [6.45, 7) is 0.677. The Hall–Kier alpha value is -1.32. The predicted molar refractivity (Wildman–Crippen MR) is 72.2 cm³/mol. The number of carbonyl (C=O) groups excluding carboxylic acids is 1. The molecule has 4 heteroatoms. The number of carbonyl (C=O) groups is 1. The van der Waals surface area contributed by atoms with Crippen molar-refractivity contribution in [3.8, 4) is 0 Å². The second-order valence-electron chi connectivity index (χ2n) is 4.73. The van der Waals surface area contributed by atoms with Crippen LogP contribution in [0, 0.1) is 5.41 Å². The van der Waals surface area contributed by atoms with Crippen LogP contribution in [0.4, 0.5) is 0 Å². The van der Waals surface area contributed by atoms with Gasteiger partial charge in [-0.3, -0.25) is 4.79 Å². The first-order valence-corrected chi connectivity index (χ1v) is 6.34. The first kappa shape index (κ1) is 13.1. The van der Waals surface area contributed by atoms with Gasteiger partial charge in [-0.15, -0.1) is 0 Å². The fourth-order valence-corrected chi connectivity index (χ4v) is 1.88. The summed E-state index contributed by atoms with van der Waals surface area (Å²) in [5.41, 5.74) is 0.756. The smallest absolute Gasteiger partial charge is 0.244 e. The van der Waals surface area contributed by atoms with Crippen molar-refractivity contribution < 1.29 is 9.90 Å². The van der Waals surface area contributed by atoms with E-state index >= 15 is 0 Å². The van der Waals surface area contributed by atoms with Gasteiger partial charge in [-0.05, 0) is 30.5 Å². The first-order chi connectivity index (χ1) is 8.65. The highest BCUT2D eigenvalue weighted by atomic mass is 35.5. The van der Waals surface area contributed by atoms with Gasteiger partial charge >= 0.3 is 0 Å².